The number of benzene rings is 2. The number of carbonyl (C=O) groups is 2. The van der Waals surface area contributed by atoms with E-state index in [0.29, 0.717) is 20.9 Å². The Morgan fingerprint density at radius 3 is 2.41 bits per heavy atom. The molecule has 0 aromatic heterocycles. The molecule has 0 aliphatic carbocycles. The smallest absolute Gasteiger partial charge is 0.337 e. The van der Waals surface area contributed by atoms with Gasteiger partial charge in [-0.2, -0.15) is 0 Å². The number of nitrogens with zero attached hydrogens (tertiary/aromatic N) is 1. The van der Waals surface area contributed by atoms with Gasteiger partial charge in [0, 0.05) is 16.4 Å². The number of carbonyl (C=O) groups excluding carboxylic acids is 2. The third-order valence-corrected chi connectivity index (χ3v) is 5.73. The first kappa shape index (κ1) is 19.5. The molecule has 5 nitrogen and oxygen atoms in total. The van der Waals surface area contributed by atoms with Crippen LogP contribution in [0.4, 0.5) is 11.4 Å². The molecular formula is C20H18BrClN2O3. The van der Waals surface area contributed by atoms with E-state index >= 15 is 0 Å². The van der Waals surface area contributed by atoms with Crippen LogP contribution in [0.15, 0.2) is 64.8 Å². The van der Waals surface area contributed by atoms with Crippen molar-refractivity contribution in [1.29, 1.82) is 0 Å². The normalized spacial score (nSPS) is 19.4. The minimum absolute atomic E-state index is 0.214. The van der Waals surface area contributed by atoms with E-state index in [9.17, 15) is 9.59 Å². The molecule has 0 saturated heterocycles. The Hall–Kier alpha value is -2.31. The molecule has 1 aliphatic rings. The highest BCUT2D eigenvalue weighted by Gasteiger charge is 2.54. The van der Waals surface area contributed by atoms with Crippen LogP contribution in [0.1, 0.15) is 13.8 Å². The number of para-hydroxylation sites is 1. The lowest BCUT2D eigenvalue weighted by Crippen LogP contribution is -2.52. The van der Waals surface area contributed by atoms with Gasteiger partial charge in [-0.05, 0) is 66.2 Å². The Morgan fingerprint density at radius 2 is 1.81 bits per heavy atom. The van der Waals surface area contributed by atoms with Crippen LogP contribution in [0.3, 0.4) is 0 Å². The second-order valence-corrected chi connectivity index (χ2v) is 7.32. The van der Waals surface area contributed by atoms with E-state index in [-0.39, 0.29) is 18.2 Å². The standard InChI is InChI=1S/C20H18BrClN2O3/c1-3-27-19(26)20(2)17(21)16(23-14-11-9-13(22)10-12-14)18(25)24(20)15-7-5-4-6-8-15/h4-12,23H,3H2,1-2H3. The molecule has 1 atom stereocenters. The van der Waals surface area contributed by atoms with Crippen LogP contribution in [0.5, 0.6) is 0 Å². The first-order valence-electron chi connectivity index (χ1n) is 8.39. The zero-order valence-corrected chi connectivity index (χ0v) is 17.2. The van der Waals surface area contributed by atoms with Gasteiger partial charge in [0.25, 0.3) is 5.91 Å². The number of rotatable bonds is 5. The summed E-state index contributed by atoms with van der Waals surface area (Å²) in [6.07, 6.45) is 0. The Morgan fingerprint density at radius 1 is 1.19 bits per heavy atom. The molecule has 1 unspecified atom stereocenters. The Labute approximate surface area is 171 Å². The van der Waals surface area contributed by atoms with E-state index in [1.165, 1.54) is 4.90 Å². The fraction of sp³-hybridized carbons (Fsp3) is 0.200. The highest BCUT2D eigenvalue weighted by molar-refractivity contribution is 9.11. The van der Waals surface area contributed by atoms with Crippen LogP contribution < -0.4 is 10.2 Å². The topological polar surface area (TPSA) is 58.6 Å². The van der Waals surface area contributed by atoms with Gasteiger partial charge >= 0.3 is 5.97 Å². The van der Waals surface area contributed by atoms with Gasteiger partial charge in [0.2, 0.25) is 0 Å². The maximum absolute atomic E-state index is 13.3. The van der Waals surface area contributed by atoms with Crippen molar-refractivity contribution in [2.75, 3.05) is 16.8 Å². The van der Waals surface area contributed by atoms with Crippen LogP contribution in [-0.4, -0.2) is 24.0 Å². The minimum Gasteiger partial charge on any atom is -0.464 e. The molecule has 2 aromatic carbocycles. The molecular weight excluding hydrogens is 432 g/mol. The molecule has 140 valence electrons. The predicted octanol–water partition coefficient (Wildman–Crippen LogP) is 4.73. The van der Waals surface area contributed by atoms with Crippen molar-refractivity contribution in [2.45, 2.75) is 19.4 Å². The summed E-state index contributed by atoms with van der Waals surface area (Å²) in [5.74, 6) is -0.847. The average molecular weight is 450 g/mol. The van der Waals surface area contributed by atoms with Crippen molar-refractivity contribution >= 4 is 50.8 Å². The summed E-state index contributed by atoms with van der Waals surface area (Å²) in [6, 6.07) is 16.0. The molecule has 1 aliphatic heterocycles. The highest BCUT2D eigenvalue weighted by Crippen LogP contribution is 2.43. The van der Waals surface area contributed by atoms with Crippen LogP contribution in [-0.2, 0) is 14.3 Å². The van der Waals surface area contributed by atoms with Gasteiger partial charge in [-0.3, -0.25) is 9.69 Å². The average Bonchev–Trinajstić information content (AvgIpc) is 2.86. The van der Waals surface area contributed by atoms with Crippen molar-refractivity contribution in [3.05, 3.63) is 69.8 Å². The van der Waals surface area contributed by atoms with E-state index in [4.69, 9.17) is 16.3 Å². The number of anilines is 2. The maximum atomic E-state index is 13.3. The monoisotopic (exact) mass is 448 g/mol. The Balaban J connectivity index is 2.07. The van der Waals surface area contributed by atoms with Gasteiger partial charge < -0.3 is 10.1 Å². The summed E-state index contributed by atoms with van der Waals surface area (Å²) in [5.41, 5.74) is 0.240. The molecule has 1 N–H and O–H groups in total. The van der Waals surface area contributed by atoms with Crippen LogP contribution in [0.2, 0.25) is 5.02 Å². The molecule has 27 heavy (non-hydrogen) atoms. The van der Waals surface area contributed by atoms with Gasteiger partial charge in [0.1, 0.15) is 5.70 Å². The third-order valence-electron chi connectivity index (χ3n) is 4.31. The van der Waals surface area contributed by atoms with Crippen molar-refractivity contribution in [2.24, 2.45) is 0 Å². The maximum Gasteiger partial charge on any atom is 0.337 e. The lowest BCUT2D eigenvalue weighted by molar-refractivity contribution is -0.147. The fourth-order valence-corrected chi connectivity index (χ4v) is 3.68. The molecule has 0 saturated carbocycles. The lowest BCUT2D eigenvalue weighted by Gasteiger charge is -2.33. The van der Waals surface area contributed by atoms with E-state index in [0.717, 1.165) is 0 Å². The number of amides is 1. The molecule has 1 amide bonds. The summed E-state index contributed by atoms with van der Waals surface area (Å²) < 4.78 is 5.69. The molecule has 0 spiro atoms. The fourth-order valence-electron chi connectivity index (χ4n) is 2.94. The number of esters is 1. The molecule has 3 rings (SSSR count). The van der Waals surface area contributed by atoms with Gasteiger partial charge in [-0.25, -0.2) is 4.79 Å². The van der Waals surface area contributed by atoms with E-state index < -0.39 is 11.5 Å². The van der Waals surface area contributed by atoms with Gasteiger partial charge in [-0.15, -0.1) is 0 Å². The van der Waals surface area contributed by atoms with E-state index in [2.05, 4.69) is 21.2 Å². The number of ether oxygens (including phenoxy) is 1. The quantitative estimate of drug-likeness (QED) is 0.671. The molecule has 0 fully saturated rings. The summed E-state index contributed by atoms with van der Waals surface area (Å²) >= 11 is 9.40. The molecule has 7 heteroatoms. The van der Waals surface area contributed by atoms with Gasteiger partial charge in [0.05, 0.1) is 11.1 Å². The van der Waals surface area contributed by atoms with Gasteiger partial charge in [0.15, 0.2) is 5.54 Å². The second-order valence-electron chi connectivity index (χ2n) is 6.09. The summed E-state index contributed by atoms with van der Waals surface area (Å²) in [7, 11) is 0. The summed E-state index contributed by atoms with van der Waals surface area (Å²) in [6.45, 7) is 3.61. The van der Waals surface area contributed by atoms with Crippen LogP contribution in [0, 0.1) is 0 Å². The number of halogens is 2. The number of hydrogen-bond donors (Lipinski definition) is 1. The SMILES string of the molecule is CCOC(=O)C1(C)C(Br)=C(Nc2ccc(Cl)cc2)C(=O)N1c1ccccc1. The highest BCUT2D eigenvalue weighted by atomic mass is 79.9. The molecule has 0 radical (unpaired) electrons. The predicted molar refractivity (Wildman–Crippen MR) is 110 cm³/mol. The van der Waals surface area contributed by atoms with Gasteiger partial charge in [-0.1, -0.05) is 29.8 Å². The molecule has 2 aromatic rings. The first-order chi connectivity index (χ1) is 12.9. The minimum atomic E-state index is -1.32. The van der Waals surface area contributed by atoms with Crippen molar-refractivity contribution in [1.82, 2.24) is 0 Å². The zero-order chi connectivity index (χ0) is 19.6. The Kier molecular flexibility index (Phi) is 5.58. The molecule has 0 bridgehead atoms. The van der Waals surface area contributed by atoms with Crippen LogP contribution >= 0.6 is 27.5 Å². The van der Waals surface area contributed by atoms with E-state index in [1.807, 2.05) is 18.2 Å². The summed E-state index contributed by atoms with van der Waals surface area (Å²) in [4.78, 5) is 27.5. The largest absolute Gasteiger partial charge is 0.464 e. The van der Waals surface area contributed by atoms with E-state index in [1.54, 1.807) is 50.2 Å². The summed E-state index contributed by atoms with van der Waals surface area (Å²) in [5, 5.41) is 3.69. The first-order valence-corrected chi connectivity index (χ1v) is 9.56. The van der Waals surface area contributed by atoms with Crippen molar-refractivity contribution in [3.63, 3.8) is 0 Å². The zero-order valence-electron chi connectivity index (χ0n) is 14.8. The van der Waals surface area contributed by atoms with Crippen LogP contribution in [0.25, 0.3) is 0 Å². The lowest BCUT2D eigenvalue weighted by atomic mass is 10.0. The number of hydrogen-bond acceptors (Lipinski definition) is 4. The number of nitrogens with one attached hydrogen (secondary N) is 1. The van der Waals surface area contributed by atoms with Crippen molar-refractivity contribution in [3.8, 4) is 0 Å². The second kappa shape index (κ2) is 7.74. The third kappa shape index (κ3) is 3.47. The van der Waals surface area contributed by atoms with Crippen molar-refractivity contribution < 1.29 is 14.3 Å². The molecule has 1 heterocycles. The Bertz CT molecular complexity index is 899.